The summed E-state index contributed by atoms with van der Waals surface area (Å²) in [4.78, 5) is 0. The highest BCUT2D eigenvalue weighted by atomic mass is 32.2. The molecule has 0 aliphatic carbocycles. The molecule has 1 atom stereocenters. The second-order valence-corrected chi connectivity index (χ2v) is 2.72. The fraction of sp³-hybridized carbons (Fsp3) is 0.143. The second-order valence-electron chi connectivity index (χ2n) is 1.45. The van der Waals surface area contributed by atoms with Crippen LogP contribution in [0.2, 0.25) is 0 Å². The summed E-state index contributed by atoms with van der Waals surface area (Å²) in [6, 6.07) is 0. The van der Waals surface area contributed by atoms with Crippen molar-refractivity contribution in [3.63, 3.8) is 0 Å². The first-order valence-corrected chi connectivity index (χ1v) is 4.17. The normalized spacial score (nSPS) is 14.8. The van der Waals surface area contributed by atoms with E-state index in [4.69, 9.17) is 0 Å². The lowest BCUT2D eigenvalue weighted by Crippen LogP contribution is -1.71. The average molecular weight is 142 g/mol. The molecule has 0 radical (unpaired) electrons. The van der Waals surface area contributed by atoms with Crippen molar-refractivity contribution in [1.82, 2.24) is 0 Å². The van der Waals surface area contributed by atoms with Crippen LogP contribution in [0, 0.1) is 0 Å². The van der Waals surface area contributed by atoms with Crippen LogP contribution in [0.3, 0.4) is 0 Å². The van der Waals surface area contributed by atoms with Gasteiger partial charge in [0.05, 0.1) is 0 Å². The summed E-state index contributed by atoms with van der Waals surface area (Å²) in [5.74, 6) is 0. The maximum absolute atomic E-state index is 10.4. The van der Waals surface area contributed by atoms with E-state index in [0.717, 1.165) is 0 Å². The van der Waals surface area contributed by atoms with Gasteiger partial charge in [0.25, 0.3) is 0 Å². The van der Waals surface area contributed by atoms with Crippen LogP contribution >= 0.6 is 0 Å². The summed E-state index contributed by atoms with van der Waals surface area (Å²) in [6.45, 7) is 3.48. The molecule has 0 amide bonds. The summed E-state index contributed by atoms with van der Waals surface area (Å²) < 4.78 is 10.4. The summed E-state index contributed by atoms with van der Waals surface area (Å²) in [5.41, 5.74) is 0. The summed E-state index contributed by atoms with van der Waals surface area (Å²) in [6.07, 6.45) is 8.59. The van der Waals surface area contributed by atoms with E-state index in [1.807, 2.05) is 0 Å². The number of rotatable bonds is 3. The Hall–Kier alpha value is -0.630. The molecule has 0 saturated carbocycles. The predicted molar refractivity (Wildman–Crippen MR) is 42.5 cm³/mol. The quantitative estimate of drug-likeness (QED) is 0.547. The summed E-state index contributed by atoms with van der Waals surface area (Å²) >= 11 is 0. The van der Waals surface area contributed by atoms with Crippen molar-refractivity contribution in [1.29, 1.82) is 0 Å². The fourth-order valence-corrected chi connectivity index (χ4v) is 0.611. The molecule has 2 heteroatoms. The van der Waals surface area contributed by atoms with Gasteiger partial charge in [0.2, 0.25) is 0 Å². The lowest BCUT2D eigenvalue weighted by Gasteiger charge is -1.74. The van der Waals surface area contributed by atoms with Crippen LogP contribution in [0.5, 0.6) is 0 Å². The highest BCUT2D eigenvalue weighted by Gasteiger charge is 1.71. The maximum Gasteiger partial charge on any atom is 0.0424 e. The largest absolute Gasteiger partial charge is 0.255 e. The SMILES string of the molecule is C=C/C=C\C=C/S(C)=O. The molecule has 0 aliphatic rings. The molecule has 0 aliphatic heterocycles. The van der Waals surface area contributed by atoms with Crippen LogP contribution < -0.4 is 0 Å². The van der Waals surface area contributed by atoms with Gasteiger partial charge in [0.1, 0.15) is 0 Å². The molecule has 0 bridgehead atoms. The van der Waals surface area contributed by atoms with Gasteiger partial charge in [-0.15, -0.1) is 0 Å². The van der Waals surface area contributed by atoms with Crippen LogP contribution in [-0.4, -0.2) is 10.5 Å². The summed E-state index contributed by atoms with van der Waals surface area (Å²) in [7, 11) is -0.835. The van der Waals surface area contributed by atoms with Crippen LogP contribution in [-0.2, 0) is 10.8 Å². The first kappa shape index (κ1) is 8.37. The lowest BCUT2D eigenvalue weighted by atomic mass is 10.5. The van der Waals surface area contributed by atoms with Crippen molar-refractivity contribution < 1.29 is 4.21 Å². The van der Waals surface area contributed by atoms with Gasteiger partial charge < -0.3 is 0 Å². The maximum atomic E-state index is 10.4. The van der Waals surface area contributed by atoms with E-state index in [9.17, 15) is 4.21 Å². The zero-order valence-corrected chi connectivity index (χ0v) is 6.23. The van der Waals surface area contributed by atoms with Gasteiger partial charge in [-0.1, -0.05) is 30.9 Å². The first-order chi connectivity index (χ1) is 4.27. The van der Waals surface area contributed by atoms with Gasteiger partial charge in [-0.3, -0.25) is 4.21 Å². The Kier molecular flexibility index (Phi) is 5.12. The Morgan fingerprint density at radius 1 is 1.33 bits per heavy atom. The van der Waals surface area contributed by atoms with Gasteiger partial charge in [0, 0.05) is 22.5 Å². The smallest absolute Gasteiger partial charge is 0.0424 e. The highest BCUT2D eigenvalue weighted by molar-refractivity contribution is 7.87. The molecule has 0 fully saturated rings. The minimum absolute atomic E-state index is 0.835. The minimum Gasteiger partial charge on any atom is -0.255 e. The molecule has 1 unspecified atom stereocenters. The molecule has 0 saturated heterocycles. The van der Waals surface area contributed by atoms with Crippen molar-refractivity contribution >= 4 is 10.8 Å². The standard InChI is InChI=1S/C7H10OS/c1-3-4-5-6-7-9(2)8/h3-7H,1H2,2H3/b5-4-,7-6-. The molecule has 0 spiro atoms. The predicted octanol–water partition coefficient (Wildman–Crippen LogP) is 1.62. The number of hydrogen-bond donors (Lipinski definition) is 0. The third-order valence-corrected chi connectivity index (χ3v) is 1.17. The van der Waals surface area contributed by atoms with Gasteiger partial charge in [0.15, 0.2) is 0 Å². The van der Waals surface area contributed by atoms with Gasteiger partial charge in [-0.05, 0) is 0 Å². The molecule has 0 aromatic carbocycles. The minimum atomic E-state index is -0.835. The van der Waals surface area contributed by atoms with E-state index in [1.54, 1.807) is 36.0 Å². The van der Waals surface area contributed by atoms with E-state index in [-0.39, 0.29) is 0 Å². The Morgan fingerprint density at radius 2 is 2.00 bits per heavy atom. The molecular weight excluding hydrogens is 132 g/mol. The molecular formula is C7H10OS. The van der Waals surface area contributed by atoms with Crippen molar-refractivity contribution in [3.8, 4) is 0 Å². The Labute approximate surface area is 58.2 Å². The Balaban J connectivity index is 3.59. The number of allylic oxidation sites excluding steroid dienone is 4. The van der Waals surface area contributed by atoms with E-state index >= 15 is 0 Å². The third kappa shape index (κ3) is 7.37. The van der Waals surface area contributed by atoms with Gasteiger partial charge in [-0.2, -0.15) is 0 Å². The molecule has 0 aromatic heterocycles. The zero-order valence-electron chi connectivity index (χ0n) is 5.41. The van der Waals surface area contributed by atoms with E-state index in [0.29, 0.717) is 0 Å². The molecule has 0 rings (SSSR count). The van der Waals surface area contributed by atoms with Crippen molar-refractivity contribution in [2.75, 3.05) is 6.26 Å². The van der Waals surface area contributed by atoms with E-state index in [2.05, 4.69) is 6.58 Å². The Bertz CT molecular complexity index is 156. The second kappa shape index (κ2) is 5.51. The number of hydrogen-bond acceptors (Lipinski definition) is 1. The molecule has 9 heavy (non-hydrogen) atoms. The van der Waals surface area contributed by atoms with Crippen LogP contribution in [0.25, 0.3) is 0 Å². The molecule has 1 nitrogen and oxygen atoms in total. The van der Waals surface area contributed by atoms with Crippen molar-refractivity contribution in [3.05, 3.63) is 36.3 Å². The van der Waals surface area contributed by atoms with Crippen LogP contribution in [0.4, 0.5) is 0 Å². The Morgan fingerprint density at radius 3 is 2.44 bits per heavy atom. The monoisotopic (exact) mass is 142 g/mol. The highest BCUT2D eigenvalue weighted by Crippen LogP contribution is 1.80. The fourth-order valence-electron chi connectivity index (χ4n) is 0.299. The van der Waals surface area contributed by atoms with Crippen LogP contribution in [0.1, 0.15) is 0 Å². The zero-order chi connectivity index (χ0) is 7.11. The molecule has 0 N–H and O–H groups in total. The average Bonchev–Trinajstić information content (AvgIpc) is 1.80. The molecule has 50 valence electrons. The van der Waals surface area contributed by atoms with E-state index < -0.39 is 10.8 Å². The topological polar surface area (TPSA) is 17.1 Å². The van der Waals surface area contributed by atoms with Gasteiger partial charge in [-0.25, -0.2) is 0 Å². The van der Waals surface area contributed by atoms with Gasteiger partial charge >= 0.3 is 0 Å². The lowest BCUT2D eigenvalue weighted by molar-refractivity contribution is 0.691. The van der Waals surface area contributed by atoms with Crippen molar-refractivity contribution in [2.45, 2.75) is 0 Å². The van der Waals surface area contributed by atoms with E-state index in [1.165, 1.54) is 0 Å². The third-order valence-electron chi connectivity index (χ3n) is 0.629. The summed E-state index contributed by atoms with van der Waals surface area (Å²) in [5, 5.41) is 1.61. The molecule has 0 aromatic rings. The van der Waals surface area contributed by atoms with Crippen LogP contribution in [0.15, 0.2) is 36.3 Å². The first-order valence-electron chi connectivity index (χ1n) is 2.55. The molecule has 0 heterocycles. The van der Waals surface area contributed by atoms with Crippen molar-refractivity contribution in [2.24, 2.45) is 0 Å².